The van der Waals surface area contributed by atoms with Crippen LogP contribution >= 0.6 is 11.3 Å². The Morgan fingerprint density at radius 3 is 2.50 bits per heavy atom. The third kappa shape index (κ3) is 4.79. The Kier molecular flexibility index (Phi) is 6.49. The number of aromatic hydroxyl groups is 1. The zero-order valence-electron chi connectivity index (χ0n) is 16.9. The number of phenolic OH excluding ortho intramolecular Hbond substituents is 1. The summed E-state index contributed by atoms with van der Waals surface area (Å²) in [6.45, 7) is 0.729. The monoisotopic (exact) mass is 494 g/mol. The first kappa shape index (κ1) is 22.7. The van der Waals surface area contributed by atoms with Gasteiger partial charge in [0.05, 0.1) is 6.04 Å². The Hall–Kier alpha value is -2.51. The quantitative estimate of drug-likeness (QED) is 0.513. The smallest absolute Gasteiger partial charge is 0.252 e. The van der Waals surface area contributed by atoms with Crippen LogP contribution in [0.3, 0.4) is 0 Å². The van der Waals surface area contributed by atoms with Crippen molar-refractivity contribution >= 4 is 37.1 Å². The Bertz CT molecular complexity index is 1250. The van der Waals surface area contributed by atoms with E-state index >= 15 is 0 Å². The van der Waals surface area contributed by atoms with Crippen molar-refractivity contribution in [2.75, 3.05) is 31.1 Å². The lowest BCUT2D eigenvalue weighted by Gasteiger charge is -2.42. The summed E-state index contributed by atoms with van der Waals surface area (Å²) in [5.41, 5.74) is 0.765. The van der Waals surface area contributed by atoms with Crippen molar-refractivity contribution < 1.29 is 21.9 Å². The van der Waals surface area contributed by atoms with Crippen molar-refractivity contribution in [2.24, 2.45) is 0 Å². The Morgan fingerprint density at radius 2 is 1.84 bits per heavy atom. The fraction of sp³-hybridized carbons (Fsp3) is 0.250. The number of nitrogens with zero attached hydrogens (tertiary/aromatic N) is 3. The molecule has 1 aromatic carbocycles. The van der Waals surface area contributed by atoms with E-state index in [1.54, 1.807) is 41.8 Å². The standard InChI is InChI=1S/C20H22N4O5S3/c25-18-7-5-16(6-8-18)24-11-10-23(32(28,29)20-4-2-12-30-20)15-17(24)13-22-31(26,27)19-3-1-9-21-14-19/h1-9,12,14,17,22,25H,10-11,13,15H2/t17-/m0/s1. The summed E-state index contributed by atoms with van der Waals surface area (Å²) >= 11 is 1.15. The fourth-order valence-corrected chi connectivity index (χ4v) is 7.19. The average Bonchev–Trinajstić information content (AvgIpc) is 3.35. The molecule has 170 valence electrons. The molecule has 0 unspecified atom stereocenters. The maximum atomic E-state index is 13.0. The third-order valence-electron chi connectivity index (χ3n) is 5.17. The van der Waals surface area contributed by atoms with E-state index in [1.807, 2.05) is 4.90 Å². The Morgan fingerprint density at radius 1 is 1.06 bits per heavy atom. The minimum Gasteiger partial charge on any atom is -0.508 e. The summed E-state index contributed by atoms with van der Waals surface area (Å²) in [6, 6.07) is 12.3. The molecule has 0 bridgehead atoms. The van der Waals surface area contributed by atoms with Crippen LogP contribution in [0.5, 0.6) is 5.75 Å². The molecule has 3 heterocycles. The summed E-state index contributed by atoms with van der Waals surface area (Å²) < 4.78 is 55.7. The second kappa shape index (κ2) is 9.16. The van der Waals surface area contributed by atoms with E-state index in [-0.39, 0.29) is 34.5 Å². The van der Waals surface area contributed by atoms with Crippen LogP contribution in [0, 0.1) is 0 Å². The van der Waals surface area contributed by atoms with Gasteiger partial charge in [-0.05, 0) is 47.8 Å². The van der Waals surface area contributed by atoms with Crippen LogP contribution in [0.2, 0.25) is 0 Å². The van der Waals surface area contributed by atoms with Crippen molar-refractivity contribution in [3.05, 3.63) is 66.3 Å². The molecule has 1 aliphatic heterocycles. The second-order valence-corrected chi connectivity index (χ2v) is 12.1. The van der Waals surface area contributed by atoms with Crippen molar-refractivity contribution in [3.63, 3.8) is 0 Å². The molecule has 0 spiro atoms. The van der Waals surface area contributed by atoms with E-state index < -0.39 is 26.1 Å². The molecule has 1 saturated heterocycles. The van der Waals surface area contributed by atoms with Crippen LogP contribution in [0.4, 0.5) is 5.69 Å². The van der Waals surface area contributed by atoms with Gasteiger partial charge in [0.15, 0.2) is 0 Å². The molecule has 2 aromatic heterocycles. The zero-order chi connectivity index (χ0) is 22.8. The third-order valence-corrected chi connectivity index (χ3v) is 9.82. The van der Waals surface area contributed by atoms with Gasteiger partial charge in [0.25, 0.3) is 10.0 Å². The number of benzene rings is 1. The van der Waals surface area contributed by atoms with Gasteiger partial charge in [-0.1, -0.05) is 6.07 Å². The number of phenols is 1. The molecule has 9 nitrogen and oxygen atoms in total. The van der Waals surface area contributed by atoms with Crippen LogP contribution in [0.15, 0.2) is 75.4 Å². The van der Waals surface area contributed by atoms with Crippen LogP contribution in [-0.4, -0.2) is 63.5 Å². The highest BCUT2D eigenvalue weighted by molar-refractivity contribution is 7.91. The van der Waals surface area contributed by atoms with E-state index in [0.29, 0.717) is 6.54 Å². The average molecular weight is 495 g/mol. The highest BCUT2D eigenvalue weighted by Crippen LogP contribution is 2.27. The van der Waals surface area contributed by atoms with Gasteiger partial charge < -0.3 is 10.0 Å². The number of piperazine rings is 1. The highest BCUT2D eigenvalue weighted by Gasteiger charge is 2.35. The Labute approximate surface area is 191 Å². The molecule has 1 aliphatic rings. The number of thiophene rings is 1. The molecule has 4 rings (SSSR count). The fourth-order valence-electron chi connectivity index (χ4n) is 3.54. The van der Waals surface area contributed by atoms with Gasteiger partial charge in [-0.2, -0.15) is 4.31 Å². The first-order chi connectivity index (χ1) is 15.3. The van der Waals surface area contributed by atoms with E-state index in [4.69, 9.17) is 0 Å². The molecule has 1 atom stereocenters. The molecule has 0 radical (unpaired) electrons. The Balaban J connectivity index is 1.59. The van der Waals surface area contributed by atoms with Crippen LogP contribution < -0.4 is 9.62 Å². The normalized spacial score (nSPS) is 18.0. The van der Waals surface area contributed by atoms with Gasteiger partial charge in [0.1, 0.15) is 14.9 Å². The second-order valence-electron chi connectivity index (χ2n) is 7.20. The lowest BCUT2D eigenvalue weighted by Crippen LogP contribution is -2.58. The van der Waals surface area contributed by atoms with Crippen LogP contribution in [-0.2, 0) is 20.0 Å². The van der Waals surface area contributed by atoms with Gasteiger partial charge in [0, 0.05) is 44.3 Å². The molecule has 2 N–H and O–H groups in total. The predicted molar refractivity (Wildman–Crippen MR) is 122 cm³/mol. The number of nitrogens with one attached hydrogen (secondary N) is 1. The molecule has 3 aromatic rings. The number of sulfonamides is 2. The summed E-state index contributed by atoms with van der Waals surface area (Å²) in [4.78, 5) is 5.84. The molecular formula is C20H22N4O5S3. The number of rotatable bonds is 7. The lowest BCUT2D eigenvalue weighted by molar-refractivity contribution is 0.332. The van der Waals surface area contributed by atoms with Crippen molar-refractivity contribution in [3.8, 4) is 5.75 Å². The minimum absolute atomic E-state index is 0.00539. The summed E-state index contributed by atoms with van der Waals surface area (Å²) in [5, 5.41) is 11.3. The topological polar surface area (TPSA) is 120 Å². The van der Waals surface area contributed by atoms with Gasteiger partial charge in [-0.3, -0.25) is 4.98 Å². The summed E-state index contributed by atoms with van der Waals surface area (Å²) in [7, 11) is -7.49. The number of hydrogen-bond acceptors (Lipinski definition) is 8. The van der Waals surface area contributed by atoms with Crippen molar-refractivity contribution in [2.45, 2.75) is 15.1 Å². The lowest BCUT2D eigenvalue weighted by atomic mass is 10.1. The van der Waals surface area contributed by atoms with Gasteiger partial charge in [-0.25, -0.2) is 21.6 Å². The van der Waals surface area contributed by atoms with E-state index in [2.05, 4.69) is 9.71 Å². The predicted octanol–water partition coefficient (Wildman–Crippen LogP) is 1.71. The number of hydrogen-bond donors (Lipinski definition) is 2. The SMILES string of the molecule is O=S(=O)(NC[C@H]1CN(S(=O)(=O)c2cccs2)CCN1c1ccc(O)cc1)c1cccnc1. The first-order valence-corrected chi connectivity index (χ1v) is 13.6. The maximum Gasteiger partial charge on any atom is 0.252 e. The van der Waals surface area contributed by atoms with E-state index in [9.17, 15) is 21.9 Å². The van der Waals surface area contributed by atoms with Crippen molar-refractivity contribution in [1.82, 2.24) is 14.0 Å². The van der Waals surface area contributed by atoms with Gasteiger partial charge in [-0.15, -0.1) is 11.3 Å². The molecule has 0 amide bonds. The summed E-state index contributed by atoms with van der Waals surface area (Å²) in [5.74, 6) is 0.112. The zero-order valence-corrected chi connectivity index (χ0v) is 19.4. The number of aromatic nitrogens is 1. The molecule has 32 heavy (non-hydrogen) atoms. The van der Waals surface area contributed by atoms with E-state index in [0.717, 1.165) is 17.0 Å². The minimum atomic E-state index is -3.81. The first-order valence-electron chi connectivity index (χ1n) is 9.76. The van der Waals surface area contributed by atoms with Gasteiger partial charge in [0.2, 0.25) is 10.0 Å². The van der Waals surface area contributed by atoms with Crippen molar-refractivity contribution in [1.29, 1.82) is 0 Å². The number of pyridine rings is 1. The molecule has 0 saturated carbocycles. The maximum absolute atomic E-state index is 13.0. The number of anilines is 1. The molecule has 0 aliphatic carbocycles. The largest absolute Gasteiger partial charge is 0.508 e. The van der Waals surface area contributed by atoms with Gasteiger partial charge >= 0.3 is 0 Å². The van der Waals surface area contributed by atoms with Crippen LogP contribution in [0.1, 0.15) is 0 Å². The summed E-state index contributed by atoms with van der Waals surface area (Å²) in [6.07, 6.45) is 2.74. The molecule has 12 heteroatoms. The highest BCUT2D eigenvalue weighted by atomic mass is 32.2. The molecule has 1 fully saturated rings. The molecular weight excluding hydrogens is 472 g/mol. The van der Waals surface area contributed by atoms with E-state index in [1.165, 1.54) is 28.8 Å². The van der Waals surface area contributed by atoms with Crippen LogP contribution in [0.25, 0.3) is 0 Å².